The molecular weight excluding hydrogens is 272 g/mol. The minimum atomic E-state index is 0.0369. The molecule has 0 fully saturated rings. The smallest absolute Gasteiger partial charge is 0.0355 e. The number of halogens is 1. The van der Waals surface area contributed by atoms with Gasteiger partial charge in [-0.1, -0.05) is 6.07 Å². The summed E-state index contributed by atoms with van der Waals surface area (Å²) in [5, 5.41) is 4.14. The van der Waals surface area contributed by atoms with Crippen molar-refractivity contribution in [3.8, 4) is 0 Å². The second kappa shape index (κ2) is 4.88. The summed E-state index contributed by atoms with van der Waals surface area (Å²) in [7, 11) is 0. The van der Waals surface area contributed by atoms with Crippen LogP contribution in [-0.2, 0) is 6.42 Å². The molecule has 4 heteroatoms. The van der Waals surface area contributed by atoms with Gasteiger partial charge in [-0.2, -0.15) is 11.3 Å². The molecule has 0 saturated heterocycles. The number of thiophene rings is 1. The number of aromatic nitrogens is 1. The number of pyridine rings is 1. The average molecular weight is 283 g/mol. The number of hydrogen-bond donors (Lipinski definition) is 1. The molecule has 2 aromatic heterocycles. The quantitative estimate of drug-likeness (QED) is 0.939. The van der Waals surface area contributed by atoms with E-state index in [0.717, 1.165) is 10.9 Å². The highest BCUT2D eigenvalue weighted by Crippen LogP contribution is 2.27. The lowest BCUT2D eigenvalue weighted by molar-refractivity contribution is 0.719. The molecule has 0 aliphatic heterocycles. The maximum atomic E-state index is 6.12. The van der Waals surface area contributed by atoms with Crippen molar-refractivity contribution in [1.29, 1.82) is 0 Å². The van der Waals surface area contributed by atoms with Gasteiger partial charge in [0.25, 0.3) is 0 Å². The Kier molecular flexibility index (Phi) is 3.51. The summed E-state index contributed by atoms with van der Waals surface area (Å²) in [4.78, 5) is 4.08. The lowest BCUT2D eigenvalue weighted by Crippen LogP contribution is -2.13. The fraction of sp³-hybridized carbons (Fsp3) is 0.182. The minimum absolute atomic E-state index is 0.0369. The van der Waals surface area contributed by atoms with Gasteiger partial charge in [0.05, 0.1) is 0 Å². The van der Waals surface area contributed by atoms with Gasteiger partial charge in [0.2, 0.25) is 0 Å². The first kappa shape index (κ1) is 10.8. The monoisotopic (exact) mass is 282 g/mol. The van der Waals surface area contributed by atoms with Gasteiger partial charge in [0.1, 0.15) is 0 Å². The number of rotatable bonds is 3. The molecule has 2 rings (SSSR count). The zero-order valence-electron chi connectivity index (χ0n) is 8.06. The van der Waals surface area contributed by atoms with Gasteiger partial charge in [-0.15, -0.1) is 0 Å². The molecule has 0 bridgehead atoms. The Morgan fingerprint density at radius 2 is 2.33 bits per heavy atom. The fourth-order valence-corrected chi connectivity index (χ4v) is 3.09. The molecular formula is C11H11BrN2S. The van der Waals surface area contributed by atoms with Crippen LogP contribution in [-0.4, -0.2) is 4.98 Å². The highest BCUT2D eigenvalue weighted by Gasteiger charge is 2.11. The van der Waals surface area contributed by atoms with Crippen molar-refractivity contribution < 1.29 is 0 Å². The second-order valence-corrected chi connectivity index (χ2v) is 4.94. The van der Waals surface area contributed by atoms with Crippen molar-refractivity contribution in [2.75, 3.05) is 0 Å². The standard InChI is InChI=1S/C11H11BrN2S/c12-10-7-15-6-9(10)11(13)4-8-2-1-3-14-5-8/h1-3,5-7,11H,4,13H2. The minimum Gasteiger partial charge on any atom is -0.324 e. The molecule has 0 radical (unpaired) electrons. The van der Waals surface area contributed by atoms with E-state index in [0.29, 0.717) is 0 Å². The molecule has 78 valence electrons. The Hall–Kier alpha value is -0.710. The van der Waals surface area contributed by atoms with E-state index < -0.39 is 0 Å². The lowest BCUT2D eigenvalue weighted by Gasteiger charge is -2.10. The van der Waals surface area contributed by atoms with Gasteiger partial charge in [0.15, 0.2) is 0 Å². The van der Waals surface area contributed by atoms with E-state index in [9.17, 15) is 0 Å². The van der Waals surface area contributed by atoms with E-state index in [-0.39, 0.29) is 6.04 Å². The Morgan fingerprint density at radius 1 is 1.47 bits per heavy atom. The highest BCUT2D eigenvalue weighted by atomic mass is 79.9. The van der Waals surface area contributed by atoms with Crippen LogP contribution in [0.1, 0.15) is 17.2 Å². The maximum absolute atomic E-state index is 6.12. The van der Waals surface area contributed by atoms with Gasteiger partial charge in [-0.3, -0.25) is 4.98 Å². The molecule has 0 aliphatic carbocycles. The Labute approximate surface area is 101 Å². The summed E-state index contributed by atoms with van der Waals surface area (Å²) in [6.45, 7) is 0. The molecule has 2 heterocycles. The first-order valence-corrected chi connectivity index (χ1v) is 6.37. The summed E-state index contributed by atoms with van der Waals surface area (Å²) in [5.74, 6) is 0. The first-order chi connectivity index (χ1) is 7.27. The van der Waals surface area contributed by atoms with Crippen LogP contribution in [0, 0.1) is 0 Å². The van der Waals surface area contributed by atoms with Crippen molar-refractivity contribution >= 4 is 27.3 Å². The van der Waals surface area contributed by atoms with Crippen LogP contribution in [0.25, 0.3) is 0 Å². The summed E-state index contributed by atoms with van der Waals surface area (Å²) >= 11 is 5.16. The zero-order valence-corrected chi connectivity index (χ0v) is 10.5. The largest absolute Gasteiger partial charge is 0.324 e. The third kappa shape index (κ3) is 2.65. The molecule has 2 aromatic rings. The van der Waals surface area contributed by atoms with Gasteiger partial charge in [-0.25, -0.2) is 0 Å². The Bertz CT molecular complexity index is 427. The predicted octanol–water partition coefficient (Wildman–Crippen LogP) is 3.15. The predicted molar refractivity (Wildman–Crippen MR) is 66.9 cm³/mol. The van der Waals surface area contributed by atoms with Crippen LogP contribution in [0.15, 0.2) is 39.8 Å². The van der Waals surface area contributed by atoms with E-state index in [1.54, 1.807) is 17.5 Å². The molecule has 0 aliphatic rings. The van der Waals surface area contributed by atoms with Crippen LogP contribution in [0.5, 0.6) is 0 Å². The third-order valence-corrected chi connectivity index (χ3v) is 3.97. The van der Waals surface area contributed by atoms with Crippen molar-refractivity contribution in [1.82, 2.24) is 4.98 Å². The second-order valence-electron chi connectivity index (χ2n) is 3.35. The Balaban J connectivity index is 2.11. The maximum Gasteiger partial charge on any atom is 0.0355 e. The summed E-state index contributed by atoms with van der Waals surface area (Å²) in [6.07, 6.45) is 4.46. The van der Waals surface area contributed by atoms with Crippen molar-refractivity contribution in [3.05, 3.63) is 50.9 Å². The molecule has 2 N–H and O–H groups in total. The van der Waals surface area contributed by atoms with Gasteiger partial charge >= 0.3 is 0 Å². The number of hydrogen-bond acceptors (Lipinski definition) is 3. The number of nitrogens with zero attached hydrogens (tertiary/aromatic N) is 1. The van der Waals surface area contributed by atoms with Crippen LogP contribution in [0.2, 0.25) is 0 Å². The summed E-state index contributed by atoms with van der Waals surface area (Å²) < 4.78 is 1.10. The molecule has 1 atom stereocenters. The molecule has 2 nitrogen and oxygen atoms in total. The van der Waals surface area contributed by atoms with Crippen molar-refractivity contribution in [3.63, 3.8) is 0 Å². The topological polar surface area (TPSA) is 38.9 Å². The fourth-order valence-electron chi connectivity index (χ4n) is 1.44. The van der Waals surface area contributed by atoms with E-state index in [4.69, 9.17) is 5.73 Å². The van der Waals surface area contributed by atoms with Crippen LogP contribution in [0.4, 0.5) is 0 Å². The average Bonchev–Trinajstić information content (AvgIpc) is 2.66. The molecule has 1 unspecified atom stereocenters. The first-order valence-electron chi connectivity index (χ1n) is 4.63. The van der Waals surface area contributed by atoms with E-state index in [2.05, 4.69) is 31.7 Å². The normalized spacial score (nSPS) is 12.7. The molecule has 0 aromatic carbocycles. The van der Waals surface area contributed by atoms with Gasteiger partial charge in [0, 0.05) is 28.3 Å². The zero-order chi connectivity index (χ0) is 10.7. The van der Waals surface area contributed by atoms with Crippen molar-refractivity contribution in [2.45, 2.75) is 12.5 Å². The van der Waals surface area contributed by atoms with E-state index in [1.165, 1.54) is 11.1 Å². The van der Waals surface area contributed by atoms with Gasteiger partial charge < -0.3 is 5.73 Å². The Morgan fingerprint density at radius 3 is 2.93 bits per heavy atom. The molecule has 0 amide bonds. The van der Waals surface area contributed by atoms with Crippen LogP contribution in [0.3, 0.4) is 0 Å². The van der Waals surface area contributed by atoms with Gasteiger partial charge in [-0.05, 0) is 44.9 Å². The SMILES string of the molecule is NC(Cc1cccnc1)c1cscc1Br. The molecule has 0 saturated carbocycles. The third-order valence-electron chi connectivity index (χ3n) is 2.22. The molecule has 15 heavy (non-hydrogen) atoms. The van der Waals surface area contributed by atoms with Crippen LogP contribution >= 0.6 is 27.3 Å². The lowest BCUT2D eigenvalue weighted by atomic mass is 10.0. The highest BCUT2D eigenvalue weighted by molar-refractivity contribution is 9.10. The summed E-state index contributed by atoms with van der Waals surface area (Å²) in [6, 6.07) is 4.02. The number of nitrogens with two attached hydrogens (primary N) is 1. The summed E-state index contributed by atoms with van der Waals surface area (Å²) in [5.41, 5.74) is 8.46. The van der Waals surface area contributed by atoms with Crippen molar-refractivity contribution in [2.24, 2.45) is 5.73 Å². The van der Waals surface area contributed by atoms with E-state index >= 15 is 0 Å². The van der Waals surface area contributed by atoms with E-state index in [1.807, 2.05) is 18.3 Å². The van der Waals surface area contributed by atoms with Crippen LogP contribution < -0.4 is 5.73 Å². The molecule has 0 spiro atoms.